The predicted molar refractivity (Wildman–Crippen MR) is 79.5 cm³/mol. The quantitative estimate of drug-likeness (QED) is 0.688. The van der Waals surface area contributed by atoms with Crippen molar-refractivity contribution >= 4 is 21.4 Å². The van der Waals surface area contributed by atoms with Gasteiger partial charge in [0.1, 0.15) is 4.21 Å². The lowest BCUT2D eigenvalue weighted by atomic mass is 10.3. The van der Waals surface area contributed by atoms with Gasteiger partial charge in [-0.05, 0) is 25.6 Å². The summed E-state index contributed by atoms with van der Waals surface area (Å²) in [6.45, 7) is 3.98. The number of nitrogens with zero attached hydrogens (tertiary/aromatic N) is 1. The Morgan fingerprint density at radius 1 is 1.45 bits per heavy atom. The molecule has 0 aliphatic carbocycles. The highest BCUT2D eigenvalue weighted by atomic mass is 32.2. The largest absolute Gasteiger partial charge is 0.391 e. The van der Waals surface area contributed by atoms with Crippen LogP contribution in [0, 0.1) is 6.92 Å². The molecule has 0 aromatic carbocycles. The van der Waals surface area contributed by atoms with E-state index in [0.29, 0.717) is 24.6 Å². The minimum atomic E-state index is -3.49. The topological polar surface area (TPSA) is 78.9 Å². The Labute approximate surface area is 124 Å². The van der Waals surface area contributed by atoms with E-state index in [1.807, 2.05) is 11.9 Å². The number of rotatable bonds is 9. The van der Waals surface area contributed by atoms with Gasteiger partial charge in [-0.3, -0.25) is 0 Å². The third kappa shape index (κ3) is 5.12. The number of sulfonamides is 1. The molecule has 20 heavy (non-hydrogen) atoms. The first-order valence-electron chi connectivity index (χ1n) is 6.28. The van der Waals surface area contributed by atoms with Crippen LogP contribution >= 0.6 is 11.3 Å². The van der Waals surface area contributed by atoms with E-state index in [4.69, 9.17) is 9.84 Å². The van der Waals surface area contributed by atoms with Crippen LogP contribution in [0.5, 0.6) is 0 Å². The Kier molecular flexibility index (Phi) is 7.07. The zero-order chi connectivity index (χ0) is 15.2. The zero-order valence-corrected chi connectivity index (χ0v) is 13.7. The average molecular weight is 322 g/mol. The molecule has 0 fully saturated rings. The summed E-state index contributed by atoms with van der Waals surface area (Å²) in [4.78, 5) is 2.67. The highest BCUT2D eigenvalue weighted by Gasteiger charge is 2.18. The smallest absolute Gasteiger partial charge is 0.250 e. The summed E-state index contributed by atoms with van der Waals surface area (Å²) in [6.07, 6.45) is 0. The molecule has 0 spiro atoms. The van der Waals surface area contributed by atoms with Gasteiger partial charge in [-0.2, -0.15) is 0 Å². The lowest BCUT2D eigenvalue weighted by molar-refractivity contribution is 0.162. The van der Waals surface area contributed by atoms with Gasteiger partial charge < -0.3 is 14.7 Å². The van der Waals surface area contributed by atoms with Crippen molar-refractivity contribution in [1.29, 1.82) is 0 Å². The van der Waals surface area contributed by atoms with Crippen LogP contribution in [0.4, 0.5) is 0 Å². The first kappa shape index (κ1) is 17.5. The van der Waals surface area contributed by atoms with E-state index < -0.39 is 10.0 Å². The first-order valence-corrected chi connectivity index (χ1v) is 8.58. The number of ether oxygens (including phenoxy) is 1. The minimum absolute atomic E-state index is 0.133. The molecule has 0 aliphatic heterocycles. The molecule has 6 nitrogen and oxygen atoms in total. The van der Waals surface area contributed by atoms with E-state index in [2.05, 4.69) is 4.72 Å². The van der Waals surface area contributed by atoms with E-state index >= 15 is 0 Å². The van der Waals surface area contributed by atoms with Crippen LogP contribution in [-0.2, 0) is 21.4 Å². The number of aliphatic hydroxyl groups is 1. The Morgan fingerprint density at radius 2 is 2.15 bits per heavy atom. The maximum atomic E-state index is 12.1. The summed E-state index contributed by atoms with van der Waals surface area (Å²) >= 11 is 1.11. The first-order chi connectivity index (χ1) is 9.40. The van der Waals surface area contributed by atoms with Crippen molar-refractivity contribution in [3.8, 4) is 0 Å². The monoisotopic (exact) mass is 322 g/mol. The van der Waals surface area contributed by atoms with Crippen LogP contribution in [0.1, 0.15) is 10.4 Å². The fraction of sp³-hybridized carbons (Fsp3) is 0.667. The van der Waals surface area contributed by atoms with Crippen LogP contribution in [-0.4, -0.2) is 58.8 Å². The molecule has 0 unspecified atom stereocenters. The molecule has 0 amide bonds. The second-order valence-corrected chi connectivity index (χ2v) is 7.65. The van der Waals surface area contributed by atoms with Gasteiger partial charge >= 0.3 is 0 Å². The van der Waals surface area contributed by atoms with Crippen LogP contribution < -0.4 is 4.72 Å². The summed E-state index contributed by atoms with van der Waals surface area (Å²) in [5.74, 6) is 0. The number of thiophene rings is 1. The van der Waals surface area contributed by atoms with Crippen molar-refractivity contribution in [2.24, 2.45) is 0 Å². The third-order valence-corrected chi connectivity index (χ3v) is 6.03. The van der Waals surface area contributed by atoms with Crippen LogP contribution in [0.2, 0.25) is 0 Å². The second kappa shape index (κ2) is 8.06. The summed E-state index contributed by atoms with van der Waals surface area (Å²) < 4.78 is 31.9. The van der Waals surface area contributed by atoms with Gasteiger partial charge in [-0.15, -0.1) is 11.3 Å². The van der Waals surface area contributed by atoms with Crippen molar-refractivity contribution in [2.75, 3.05) is 40.4 Å². The molecule has 116 valence electrons. The number of aryl methyl sites for hydroxylation is 1. The van der Waals surface area contributed by atoms with E-state index in [1.54, 1.807) is 20.1 Å². The molecule has 0 saturated carbocycles. The molecule has 1 aromatic rings. The summed E-state index contributed by atoms with van der Waals surface area (Å²) in [6, 6.07) is 1.59. The van der Waals surface area contributed by atoms with Gasteiger partial charge in [0.25, 0.3) is 0 Å². The van der Waals surface area contributed by atoms with E-state index in [1.165, 1.54) is 0 Å². The number of hydrogen-bond acceptors (Lipinski definition) is 6. The lowest BCUT2D eigenvalue weighted by Gasteiger charge is -2.15. The second-order valence-electron chi connectivity index (χ2n) is 4.52. The standard InChI is InChI=1S/C12H22N2O4S2/c1-10-8-12(19-11(10)9-15)20(16,17)13-4-5-14(2)6-7-18-3/h8,13,15H,4-7,9H2,1-3H3. The lowest BCUT2D eigenvalue weighted by Crippen LogP contribution is -2.34. The SMILES string of the molecule is COCCN(C)CCNS(=O)(=O)c1cc(C)c(CO)s1. The molecule has 1 heterocycles. The fourth-order valence-electron chi connectivity index (χ4n) is 1.58. The van der Waals surface area contributed by atoms with Crippen LogP contribution in [0.25, 0.3) is 0 Å². The van der Waals surface area contributed by atoms with Crippen molar-refractivity contribution in [3.63, 3.8) is 0 Å². The van der Waals surface area contributed by atoms with E-state index in [-0.39, 0.29) is 10.8 Å². The number of methoxy groups -OCH3 is 1. The molecule has 1 rings (SSSR count). The maximum Gasteiger partial charge on any atom is 0.250 e. The van der Waals surface area contributed by atoms with Crippen molar-refractivity contribution in [2.45, 2.75) is 17.7 Å². The van der Waals surface area contributed by atoms with Gasteiger partial charge in [-0.25, -0.2) is 13.1 Å². The molecule has 0 aliphatic rings. The number of aliphatic hydroxyl groups excluding tert-OH is 1. The van der Waals surface area contributed by atoms with Gasteiger partial charge in [0.2, 0.25) is 10.0 Å². The Hall–Kier alpha value is -0.510. The molecule has 0 radical (unpaired) electrons. The molecule has 2 N–H and O–H groups in total. The van der Waals surface area contributed by atoms with Crippen LogP contribution in [0.3, 0.4) is 0 Å². The molecule has 0 bridgehead atoms. The summed E-state index contributed by atoms with van der Waals surface area (Å²) in [5, 5.41) is 9.11. The van der Waals surface area contributed by atoms with E-state index in [9.17, 15) is 8.42 Å². The summed E-state index contributed by atoms with van der Waals surface area (Å²) in [5.41, 5.74) is 0.801. The molecule has 8 heteroatoms. The molecular weight excluding hydrogens is 300 g/mol. The third-order valence-electron chi connectivity index (χ3n) is 2.87. The average Bonchev–Trinajstić information content (AvgIpc) is 2.78. The zero-order valence-electron chi connectivity index (χ0n) is 12.0. The van der Waals surface area contributed by atoms with Gasteiger partial charge in [0.05, 0.1) is 13.2 Å². The van der Waals surface area contributed by atoms with Crippen molar-refractivity contribution < 1.29 is 18.3 Å². The van der Waals surface area contributed by atoms with E-state index in [0.717, 1.165) is 23.4 Å². The molecule has 1 aromatic heterocycles. The van der Waals surface area contributed by atoms with Gasteiger partial charge in [0, 0.05) is 31.6 Å². The summed E-state index contributed by atoms with van der Waals surface area (Å²) in [7, 11) is 0.0538. The number of likely N-dealkylation sites (N-methyl/N-ethyl adjacent to an activating group) is 1. The highest BCUT2D eigenvalue weighted by molar-refractivity contribution is 7.91. The normalized spacial score (nSPS) is 12.2. The number of hydrogen-bond donors (Lipinski definition) is 2. The Bertz CT molecular complexity index is 514. The molecule has 0 atom stereocenters. The molecule has 0 saturated heterocycles. The van der Waals surface area contributed by atoms with Crippen molar-refractivity contribution in [3.05, 3.63) is 16.5 Å². The Balaban J connectivity index is 2.53. The Morgan fingerprint density at radius 3 is 2.70 bits per heavy atom. The molecular formula is C12H22N2O4S2. The maximum absolute atomic E-state index is 12.1. The van der Waals surface area contributed by atoms with Crippen molar-refractivity contribution in [1.82, 2.24) is 9.62 Å². The minimum Gasteiger partial charge on any atom is -0.391 e. The fourth-order valence-corrected chi connectivity index (χ4v) is 4.09. The van der Waals surface area contributed by atoms with Crippen LogP contribution in [0.15, 0.2) is 10.3 Å². The predicted octanol–water partition coefficient (Wildman–Crippen LogP) is 0.405. The van der Waals surface area contributed by atoms with Gasteiger partial charge in [0.15, 0.2) is 0 Å². The van der Waals surface area contributed by atoms with Gasteiger partial charge in [-0.1, -0.05) is 0 Å². The number of nitrogens with one attached hydrogen (secondary N) is 1. The highest BCUT2D eigenvalue weighted by Crippen LogP contribution is 2.25.